The Kier molecular flexibility index (Phi) is 4.91. The van der Waals surface area contributed by atoms with Crippen molar-refractivity contribution in [2.24, 2.45) is 5.92 Å². The molecule has 0 saturated heterocycles. The Morgan fingerprint density at radius 3 is 2.67 bits per heavy atom. The number of nitrogens with one attached hydrogen (secondary N) is 1. The van der Waals surface area contributed by atoms with Crippen molar-refractivity contribution in [1.82, 2.24) is 0 Å². The van der Waals surface area contributed by atoms with Crippen LogP contribution in [0.1, 0.15) is 13.8 Å². The molecule has 1 aromatic carbocycles. The lowest BCUT2D eigenvalue weighted by atomic mass is 10.1. The van der Waals surface area contributed by atoms with Crippen LogP contribution in [-0.4, -0.2) is 29.8 Å². The van der Waals surface area contributed by atoms with Crippen LogP contribution >= 0.6 is 0 Å². The minimum absolute atomic E-state index is 0.0354. The van der Waals surface area contributed by atoms with Crippen LogP contribution in [0, 0.1) is 16.0 Å². The molecule has 0 saturated carbocycles. The van der Waals surface area contributed by atoms with Gasteiger partial charge in [-0.2, -0.15) is 0 Å². The SMILES string of the molecule is COc1ccc([N+](=O)[O-])c(NCC(O)C(C)C)c1. The molecule has 0 aliphatic heterocycles. The molecule has 0 radical (unpaired) electrons. The van der Waals surface area contributed by atoms with E-state index in [1.165, 1.54) is 19.2 Å². The number of aliphatic hydroxyl groups excluding tert-OH is 1. The summed E-state index contributed by atoms with van der Waals surface area (Å²) in [4.78, 5) is 10.4. The summed E-state index contributed by atoms with van der Waals surface area (Å²) in [5.74, 6) is 0.615. The van der Waals surface area contributed by atoms with Crippen LogP contribution in [0.4, 0.5) is 11.4 Å². The molecule has 0 bridgehead atoms. The van der Waals surface area contributed by atoms with E-state index < -0.39 is 11.0 Å². The molecule has 0 aliphatic carbocycles. The van der Waals surface area contributed by atoms with Crippen LogP contribution in [0.15, 0.2) is 18.2 Å². The maximum atomic E-state index is 10.9. The molecular weight excluding hydrogens is 236 g/mol. The van der Waals surface area contributed by atoms with Crippen LogP contribution in [0.25, 0.3) is 0 Å². The number of nitrogens with zero attached hydrogens (tertiary/aromatic N) is 1. The highest BCUT2D eigenvalue weighted by Crippen LogP contribution is 2.28. The van der Waals surface area contributed by atoms with Gasteiger partial charge in [-0.25, -0.2) is 0 Å². The minimum Gasteiger partial charge on any atom is -0.497 e. The van der Waals surface area contributed by atoms with Crippen LogP contribution in [0.3, 0.4) is 0 Å². The van der Waals surface area contributed by atoms with Gasteiger partial charge in [-0.3, -0.25) is 10.1 Å². The zero-order valence-corrected chi connectivity index (χ0v) is 10.7. The summed E-state index contributed by atoms with van der Waals surface area (Å²) in [6.07, 6.45) is -0.559. The third kappa shape index (κ3) is 3.59. The number of ether oxygens (including phenoxy) is 1. The molecule has 1 rings (SSSR count). The van der Waals surface area contributed by atoms with Gasteiger partial charge in [-0.15, -0.1) is 0 Å². The molecule has 0 heterocycles. The van der Waals surface area contributed by atoms with Crippen LogP contribution in [-0.2, 0) is 0 Å². The second-order valence-electron chi connectivity index (χ2n) is 4.33. The van der Waals surface area contributed by atoms with E-state index in [2.05, 4.69) is 5.32 Å². The van der Waals surface area contributed by atoms with Crippen LogP contribution in [0.5, 0.6) is 5.75 Å². The Morgan fingerprint density at radius 2 is 2.17 bits per heavy atom. The van der Waals surface area contributed by atoms with Gasteiger partial charge in [0.15, 0.2) is 0 Å². The van der Waals surface area contributed by atoms with Crippen molar-refractivity contribution < 1.29 is 14.8 Å². The van der Waals surface area contributed by atoms with E-state index in [0.717, 1.165) is 0 Å². The highest BCUT2D eigenvalue weighted by molar-refractivity contribution is 5.64. The fourth-order valence-corrected chi connectivity index (χ4v) is 1.39. The first-order chi connectivity index (χ1) is 8.45. The van der Waals surface area contributed by atoms with E-state index in [4.69, 9.17) is 4.74 Å². The van der Waals surface area contributed by atoms with E-state index in [0.29, 0.717) is 11.4 Å². The second kappa shape index (κ2) is 6.20. The van der Waals surface area contributed by atoms with Gasteiger partial charge in [0.25, 0.3) is 5.69 Å². The van der Waals surface area contributed by atoms with Gasteiger partial charge in [0.1, 0.15) is 11.4 Å². The van der Waals surface area contributed by atoms with Crippen molar-refractivity contribution in [3.63, 3.8) is 0 Å². The topological polar surface area (TPSA) is 84.6 Å². The maximum absolute atomic E-state index is 10.9. The quantitative estimate of drug-likeness (QED) is 0.599. The van der Waals surface area contributed by atoms with Crippen LogP contribution < -0.4 is 10.1 Å². The van der Waals surface area contributed by atoms with Gasteiger partial charge in [0.2, 0.25) is 0 Å². The van der Waals surface area contributed by atoms with Crippen molar-refractivity contribution in [3.05, 3.63) is 28.3 Å². The first-order valence-corrected chi connectivity index (χ1v) is 5.70. The highest BCUT2D eigenvalue weighted by atomic mass is 16.6. The molecule has 0 amide bonds. The average molecular weight is 254 g/mol. The molecular formula is C12H18N2O4. The van der Waals surface area contributed by atoms with Gasteiger partial charge < -0.3 is 15.2 Å². The number of benzene rings is 1. The summed E-state index contributed by atoms with van der Waals surface area (Å²) in [5, 5.41) is 23.4. The second-order valence-corrected chi connectivity index (χ2v) is 4.33. The smallest absolute Gasteiger partial charge is 0.292 e. The molecule has 0 spiro atoms. The lowest BCUT2D eigenvalue weighted by Crippen LogP contribution is -2.25. The molecule has 6 nitrogen and oxygen atoms in total. The number of hydrogen-bond donors (Lipinski definition) is 2. The molecule has 18 heavy (non-hydrogen) atoms. The average Bonchev–Trinajstić information content (AvgIpc) is 2.34. The summed E-state index contributed by atoms with van der Waals surface area (Å²) in [6, 6.07) is 4.45. The summed E-state index contributed by atoms with van der Waals surface area (Å²) in [7, 11) is 1.49. The van der Waals surface area contributed by atoms with Crippen molar-refractivity contribution in [3.8, 4) is 5.75 Å². The summed E-state index contributed by atoms with van der Waals surface area (Å²) < 4.78 is 5.02. The number of hydrogen-bond acceptors (Lipinski definition) is 5. The predicted octanol–water partition coefficient (Wildman–Crippen LogP) is 2.03. The normalized spacial score (nSPS) is 12.3. The summed E-state index contributed by atoms with van der Waals surface area (Å²) in [5.41, 5.74) is 0.311. The number of nitro groups is 1. The Balaban J connectivity index is 2.87. The van der Waals surface area contributed by atoms with Crippen molar-refractivity contribution in [1.29, 1.82) is 0 Å². The van der Waals surface area contributed by atoms with E-state index in [1.807, 2.05) is 13.8 Å². The summed E-state index contributed by atoms with van der Waals surface area (Å²) >= 11 is 0. The minimum atomic E-state index is -0.559. The maximum Gasteiger partial charge on any atom is 0.292 e. The molecule has 0 aliphatic rings. The number of methoxy groups -OCH3 is 1. The first-order valence-electron chi connectivity index (χ1n) is 5.70. The molecule has 0 fully saturated rings. The number of nitro benzene ring substituents is 1. The van der Waals surface area contributed by atoms with E-state index in [-0.39, 0.29) is 18.2 Å². The Bertz CT molecular complexity index is 421. The van der Waals surface area contributed by atoms with Crippen LogP contribution in [0.2, 0.25) is 0 Å². The Hall–Kier alpha value is -1.82. The van der Waals surface area contributed by atoms with Gasteiger partial charge in [-0.1, -0.05) is 13.8 Å². The molecule has 1 unspecified atom stereocenters. The zero-order chi connectivity index (χ0) is 13.7. The number of aliphatic hydroxyl groups is 1. The lowest BCUT2D eigenvalue weighted by Gasteiger charge is -2.16. The first kappa shape index (κ1) is 14.2. The molecule has 0 aromatic heterocycles. The van der Waals surface area contributed by atoms with Gasteiger partial charge in [-0.05, 0) is 12.0 Å². The number of anilines is 1. The van der Waals surface area contributed by atoms with E-state index in [1.54, 1.807) is 6.07 Å². The monoisotopic (exact) mass is 254 g/mol. The Morgan fingerprint density at radius 1 is 1.50 bits per heavy atom. The Labute approximate surface area is 106 Å². The van der Waals surface area contributed by atoms with E-state index in [9.17, 15) is 15.2 Å². The predicted molar refractivity (Wildman–Crippen MR) is 69.0 cm³/mol. The molecule has 6 heteroatoms. The number of rotatable bonds is 6. The van der Waals surface area contributed by atoms with Crippen molar-refractivity contribution in [2.45, 2.75) is 20.0 Å². The standard InChI is InChI=1S/C12H18N2O4/c1-8(2)12(15)7-13-10-6-9(18-3)4-5-11(10)14(16)17/h4-6,8,12-13,15H,7H2,1-3H3. The van der Waals surface area contributed by atoms with Crippen molar-refractivity contribution >= 4 is 11.4 Å². The summed E-state index contributed by atoms with van der Waals surface area (Å²) in [6.45, 7) is 4.02. The van der Waals surface area contributed by atoms with Gasteiger partial charge >= 0.3 is 0 Å². The largest absolute Gasteiger partial charge is 0.497 e. The molecule has 100 valence electrons. The van der Waals surface area contributed by atoms with Gasteiger partial charge in [0, 0.05) is 18.7 Å². The zero-order valence-electron chi connectivity index (χ0n) is 10.7. The van der Waals surface area contributed by atoms with Crippen molar-refractivity contribution in [2.75, 3.05) is 19.0 Å². The molecule has 1 atom stereocenters. The fraction of sp³-hybridized carbons (Fsp3) is 0.500. The fourth-order valence-electron chi connectivity index (χ4n) is 1.39. The van der Waals surface area contributed by atoms with Gasteiger partial charge in [0.05, 0.1) is 18.1 Å². The third-order valence-corrected chi connectivity index (χ3v) is 2.67. The lowest BCUT2D eigenvalue weighted by molar-refractivity contribution is -0.384. The molecule has 1 aromatic rings. The van der Waals surface area contributed by atoms with E-state index >= 15 is 0 Å². The highest BCUT2D eigenvalue weighted by Gasteiger charge is 2.16. The third-order valence-electron chi connectivity index (χ3n) is 2.67. The molecule has 2 N–H and O–H groups in total.